The van der Waals surface area contributed by atoms with Crippen LogP contribution >= 0.6 is 0 Å². The molecule has 0 radical (unpaired) electrons. The number of esters is 1. The Kier molecular flexibility index (Phi) is 5.36. The van der Waals surface area contributed by atoms with E-state index in [2.05, 4.69) is 5.32 Å². The van der Waals surface area contributed by atoms with Crippen molar-refractivity contribution in [2.45, 2.75) is 26.7 Å². The van der Waals surface area contributed by atoms with Gasteiger partial charge in [-0.15, -0.1) is 0 Å². The standard InChI is InChI=1S/C17H19NO4/c1-12-7-8-14(13(2)11-12)22-16(19)6-3-9-18-17(20)15-5-4-10-21-15/h4-5,7-8,10-11H,3,6,9H2,1-2H3,(H,18,20). The Balaban J connectivity index is 1.71. The van der Waals surface area contributed by atoms with Crippen molar-refractivity contribution >= 4 is 11.9 Å². The molecule has 1 amide bonds. The summed E-state index contributed by atoms with van der Waals surface area (Å²) in [5.74, 6) is 0.250. The van der Waals surface area contributed by atoms with E-state index in [1.807, 2.05) is 26.0 Å². The molecule has 2 rings (SSSR count). The highest BCUT2D eigenvalue weighted by atomic mass is 16.5. The molecule has 1 heterocycles. The summed E-state index contributed by atoms with van der Waals surface area (Å²) in [4.78, 5) is 23.4. The van der Waals surface area contributed by atoms with Gasteiger partial charge in [-0.25, -0.2) is 0 Å². The molecule has 0 fully saturated rings. The molecule has 0 aliphatic rings. The third kappa shape index (κ3) is 4.48. The van der Waals surface area contributed by atoms with Gasteiger partial charge in [0.25, 0.3) is 5.91 Å². The zero-order chi connectivity index (χ0) is 15.9. The van der Waals surface area contributed by atoms with E-state index in [1.54, 1.807) is 18.2 Å². The third-order valence-corrected chi connectivity index (χ3v) is 3.14. The normalized spacial score (nSPS) is 10.3. The number of nitrogens with one attached hydrogen (secondary N) is 1. The Morgan fingerprint density at radius 3 is 2.73 bits per heavy atom. The topological polar surface area (TPSA) is 68.5 Å². The van der Waals surface area contributed by atoms with Crippen LogP contribution in [-0.2, 0) is 4.79 Å². The molecule has 1 aromatic carbocycles. The van der Waals surface area contributed by atoms with Crippen LogP contribution in [-0.4, -0.2) is 18.4 Å². The number of rotatable bonds is 6. The number of hydrogen-bond donors (Lipinski definition) is 1. The zero-order valence-corrected chi connectivity index (χ0v) is 12.7. The van der Waals surface area contributed by atoms with E-state index in [0.29, 0.717) is 18.7 Å². The minimum absolute atomic E-state index is 0.242. The maximum Gasteiger partial charge on any atom is 0.311 e. The molecule has 1 aromatic heterocycles. The second kappa shape index (κ2) is 7.45. The van der Waals surface area contributed by atoms with Crippen LogP contribution in [0.1, 0.15) is 34.5 Å². The van der Waals surface area contributed by atoms with E-state index < -0.39 is 0 Å². The molecule has 0 aliphatic heterocycles. The number of furan rings is 1. The van der Waals surface area contributed by atoms with Crippen LogP contribution in [0.3, 0.4) is 0 Å². The second-order valence-electron chi connectivity index (χ2n) is 5.08. The summed E-state index contributed by atoms with van der Waals surface area (Å²) < 4.78 is 10.3. The van der Waals surface area contributed by atoms with Crippen molar-refractivity contribution in [1.29, 1.82) is 0 Å². The summed E-state index contributed by atoms with van der Waals surface area (Å²) in [6.07, 6.45) is 2.19. The third-order valence-electron chi connectivity index (χ3n) is 3.14. The minimum atomic E-state index is -0.306. The first kappa shape index (κ1) is 15.8. The molecule has 0 saturated carbocycles. The van der Waals surface area contributed by atoms with Gasteiger partial charge in [-0.1, -0.05) is 17.7 Å². The van der Waals surface area contributed by atoms with Crippen molar-refractivity contribution in [2.75, 3.05) is 6.54 Å². The van der Waals surface area contributed by atoms with E-state index >= 15 is 0 Å². The van der Waals surface area contributed by atoms with Gasteiger partial charge in [0.2, 0.25) is 0 Å². The number of ether oxygens (including phenoxy) is 1. The lowest BCUT2D eigenvalue weighted by Crippen LogP contribution is -2.24. The maximum absolute atomic E-state index is 11.8. The molecule has 2 aromatic rings. The molecule has 22 heavy (non-hydrogen) atoms. The van der Waals surface area contributed by atoms with E-state index in [1.165, 1.54) is 6.26 Å². The van der Waals surface area contributed by atoms with Gasteiger partial charge in [0.15, 0.2) is 5.76 Å². The first-order valence-electron chi connectivity index (χ1n) is 7.16. The number of carbonyl (C=O) groups excluding carboxylic acids is 2. The van der Waals surface area contributed by atoms with Gasteiger partial charge >= 0.3 is 5.97 Å². The highest BCUT2D eigenvalue weighted by Gasteiger charge is 2.09. The van der Waals surface area contributed by atoms with Crippen LogP contribution in [0.4, 0.5) is 0 Å². The smallest absolute Gasteiger partial charge is 0.311 e. The lowest BCUT2D eigenvalue weighted by atomic mass is 10.1. The van der Waals surface area contributed by atoms with Gasteiger partial charge < -0.3 is 14.5 Å². The fourth-order valence-corrected chi connectivity index (χ4v) is 2.02. The zero-order valence-electron chi connectivity index (χ0n) is 12.7. The van der Waals surface area contributed by atoms with Gasteiger partial charge in [-0.2, -0.15) is 0 Å². The van der Waals surface area contributed by atoms with Crippen molar-refractivity contribution in [3.8, 4) is 5.75 Å². The molecule has 0 bridgehead atoms. The second-order valence-corrected chi connectivity index (χ2v) is 5.08. The van der Waals surface area contributed by atoms with E-state index in [-0.39, 0.29) is 24.1 Å². The molecule has 5 heteroatoms. The monoisotopic (exact) mass is 301 g/mol. The van der Waals surface area contributed by atoms with Crippen molar-refractivity contribution < 1.29 is 18.7 Å². The molecular weight excluding hydrogens is 282 g/mol. The van der Waals surface area contributed by atoms with Crippen molar-refractivity contribution in [2.24, 2.45) is 0 Å². The largest absolute Gasteiger partial charge is 0.459 e. The van der Waals surface area contributed by atoms with Crippen molar-refractivity contribution in [3.63, 3.8) is 0 Å². The molecular formula is C17H19NO4. The molecule has 116 valence electrons. The SMILES string of the molecule is Cc1ccc(OC(=O)CCCNC(=O)c2ccco2)c(C)c1. The average molecular weight is 301 g/mol. The van der Waals surface area contributed by atoms with Crippen LogP contribution in [0, 0.1) is 13.8 Å². The molecule has 1 N–H and O–H groups in total. The molecule has 0 aliphatic carbocycles. The van der Waals surface area contributed by atoms with Gasteiger partial charge in [0.1, 0.15) is 5.75 Å². The number of aryl methyl sites for hydroxylation is 2. The predicted octanol–water partition coefficient (Wildman–Crippen LogP) is 3.01. The first-order valence-corrected chi connectivity index (χ1v) is 7.16. The van der Waals surface area contributed by atoms with Gasteiger partial charge in [-0.3, -0.25) is 9.59 Å². The van der Waals surface area contributed by atoms with Gasteiger partial charge in [0, 0.05) is 13.0 Å². The van der Waals surface area contributed by atoms with E-state index in [0.717, 1.165) is 11.1 Å². The highest BCUT2D eigenvalue weighted by molar-refractivity contribution is 5.91. The molecule has 0 spiro atoms. The number of carbonyl (C=O) groups is 2. The maximum atomic E-state index is 11.8. The summed E-state index contributed by atoms with van der Waals surface area (Å²) in [6, 6.07) is 8.90. The van der Waals surface area contributed by atoms with Crippen LogP contribution in [0.25, 0.3) is 0 Å². The minimum Gasteiger partial charge on any atom is -0.459 e. The van der Waals surface area contributed by atoms with Gasteiger partial charge in [0.05, 0.1) is 6.26 Å². The number of hydrogen-bond acceptors (Lipinski definition) is 4. The summed E-state index contributed by atoms with van der Waals surface area (Å²) in [5, 5.41) is 2.68. The van der Waals surface area contributed by atoms with Crippen LogP contribution in [0.15, 0.2) is 41.0 Å². The summed E-state index contributed by atoms with van der Waals surface area (Å²) in [6.45, 7) is 4.28. The Labute approximate surface area is 129 Å². The van der Waals surface area contributed by atoms with Crippen LogP contribution in [0.2, 0.25) is 0 Å². The molecule has 0 atom stereocenters. The fourth-order valence-electron chi connectivity index (χ4n) is 2.02. The summed E-state index contributed by atoms with van der Waals surface area (Å²) >= 11 is 0. The molecule has 0 saturated heterocycles. The lowest BCUT2D eigenvalue weighted by Gasteiger charge is -2.08. The van der Waals surface area contributed by atoms with Crippen molar-refractivity contribution in [1.82, 2.24) is 5.32 Å². The number of benzene rings is 1. The molecule has 5 nitrogen and oxygen atoms in total. The Bertz CT molecular complexity index is 647. The summed E-state index contributed by atoms with van der Waals surface area (Å²) in [7, 11) is 0. The summed E-state index contributed by atoms with van der Waals surface area (Å²) in [5.41, 5.74) is 2.05. The average Bonchev–Trinajstić information content (AvgIpc) is 3.01. The van der Waals surface area contributed by atoms with Crippen LogP contribution < -0.4 is 10.1 Å². The number of amides is 1. The quantitative estimate of drug-likeness (QED) is 0.506. The lowest BCUT2D eigenvalue weighted by molar-refractivity contribution is -0.134. The Morgan fingerprint density at radius 1 is 1.23 bits per heavy atom. The highest BCUT2D eigenvalue weighted by Crippen LogP contribution is 2.19. The molecule has 0 unspecified atom stereocenters. The fraction of sp³-hybridized carbons (Fsp3) is 0.294. The first-order chi connectivity index (χ1) is 10.6. The van der Waals surface area contributed by atoms with Crippen molar-refractivity contribution in [3.05, 3.63) is 53.5 Å². The Hall–Kier alpha value is -2.56. The predicted molar refractivity (Wildman–Crippen MR) is 81.8 cm³/mol. The van der Waals surface area contributed by atoms with Crippen LogP contribution in [0.5, 0.6) is 5.75 Å². The van der Waals surface area contributed by atoms with E-state index in [4.69, 9.17) is 9.15 Å². The van der Waals surface area contributed by atoms with E-state index in [9.17, 15) is 9.59 Å². The van der Waals surface area contributed by atoms with Gasteiger partial charge in [-0.05, 0) is 44.0 Å². The Morgan fingerprint density at radius 2 is 2.05 bits per heavy atom.